The Hall–Kier alpha value is -1.22. The molecule has 0 aliphatic carbocycles. The molecule has 0 N–H and O–H groups in total. The molecule has 2 aromatic rings. The van der Waals surface area contributed by atoms with E-state index in [9.17, 15) is 4.79 Å². The Morgan fingerprint density at radius 3 is 2.91 bits per heavy atom. The fraction of sp³-hybridized carbons (Fsp3) is 0.643. The fourth-order valence-electron chi connectivity index (χ4n) is 2.74. The molecule has 0 spiro atoms. The highest BCUT2D eigenvalue weighted by molar-refractivity contribution is 7.16. The number of hydrogen-bond acceptors (Lipinski definition) is 6. The van der Waals surface area contributed by atoms with Crippen LogP contribution in [0.3, 0.4) is 0 Å². The summed E-state index contributed by atoms with van der Waals surface area (Å²) in [7, 11) is 1.63. The predicted octanol–water partition coefficient (Wildman–Crippen LogP) is 1.85. The average Bonchev–Trinajstić information content (AvgIpc) is 3.07. The number of carbonyl (C=O) groups is 1. The summed E-state index contributed by atoms with van der Waals surface area (Å²) in [5.74, 6) is 0.646. The van der Waals surface area contributed by atoms with Crippen molar-refractivity contribution in [2.24, 2.45) is 5.92 Å². The van der Waals surface area contributed by atoms with E-state index >= 15 is 0 Å². The lowest BCUT2D eigenvalue weighted by molar-refractivity contribution is -0.127. The van der Waals surface area contributed by atoms with Gasteiger partial charge in [-0.1, -0.05) is 36.8 Å². The minimum atomic E-state index is 0.115. The van der Waals surface area contributed by atoms with Crippen molar-refractivity contribution in [3.63, 3.8) is 0 Å². The van der Waals surface area contributed by atoms with E-state index in [2.05, 4.69) is 28.8 Å². The molecule has 0 atom stereocenters. The van der Waals surface area contributed by atoms with Crippen LogP contribution < -0.4 is 0 Å². The van der Waals surface area contributed by atoms with Crippen LogP contribution in [0.25, 0.3) is 4.96 Å². The molecule has 0 bridgehead atoms. The lowest BCUT2D eigenvalue weighted by Crippen LogP contribution is -2.29. The lowest BCUT2D eigenvalue weighted by Gasteiger charge is -2.19. The minimum absolute atomic E-state index is 0.115. The maximum absolute atomic E-state index is 12.2. The Morgan fingerprint density at radius 1 is 1.43 bits per heavy atom. The van der Waals surface area contributed by atoms with Crippen molar-refractivity contribution in [1.82, 2.24) is 24.4 Å². The van der Waals surface area contributed by atoms with Crippen molar-refractivity contribution in [3.8, 4) is 0 Å². The van der Waals surface area contributed by atoms with Crippen LogP contribution in [0.4, 0.5) is 0 Å². The molecule has 7 nitrogen and oxygen atoms in total. The first-order valence-electron chi connectivity index (χ1n) is 7.49. The molecular weight excluding hydrogens is 338 g/mol. The first-order chi connectivity index (χ1) is 11.0. The smallest absolute Gasteiger partial charge is 0.238 e. The predicted molar refractivity (Wildman–Crippen MR) is 88.4 cm³/mol. The van der Waals surface area contributed by atoms with Gasteiger partial charge in [0.2, 0.25) is 10.9 Å². The van der Waals surface area contributed by atoms with Gasteiger partial charge in [-0.05, 0) is 5.92 Å². The quantitative estimate of drug-likeness (QED) is 0.789. The highest BCUT2D eigenvalue weighted by Crippen LogP contribution is 2.25. The Labute approximate surface area is 143 Å². The van der Waals surface area contributed by atoms with E-state index in [-0.39, 0.29) is 5.91 Å². The van der Waals surface area contributed by atoms with Crippen molar-refractivity contribution >= 4 is 33.8 Å². The second kappa shape index (κ2) is 6.72. The number of aromatic nitrogens is 3. The largest absolute Gasteiger partial charge is 0.377 e. The van der Waals surface area contributed by atoms with Gasteiger partial charge in [0, 0.05) is 13.7 Å². The van der Waals surface area contributed by atoms with Crippen LogP contribution in [0.5, 0.6) is 0 Å². The molecule has 1 amide bonds. The monoisotopic (exact) mass is 357 g/mol. The molecule has 0 radical (unpaired) electrons. The maximum Gasteiger partial charge on any atom is 0.238 e. The molecule has 3 rings (SSSR count). The van der Waals surface area contributed by atoms with Gasteiger partial charge in [0.25, 0.3) is 0 Å². The van der Waals surface area contributed by atoms with Crippen molar-refractivity contribution in [2.75, 3.05) is 26.9 Å². The van der Waals surface area contributed by atoms with E-state index in [0.717, 1.165) is 22.2 Å². The first kappa shape index (κ1) is 16.6. The van der Waals surface area contributed by atoms with Gasteiger partial charge in [-0.25, -0.2) is 9.50 Å². The molecule has 1 fully saturated rings. The Balaban J connectivity index is 1.78. The summed E-state index contributed by atoms with van der Waals surface area (Å²) in [6, 6.07) is 0. The number of amides is 1. The van der Waals surface area contributed by atoms with Crippen LogP contribution in [-0.4, -0.2) is 57.2 Å². The summed E-state index contributed by atoms with van der Waals surface area (Å²) in [4.78, 5) is 21.2. The van der Waals surface area contributed by atoms with Crippen molar-refractivity contribution in [3.05, 3.63) is 15.9 Å². The number of ether oxygens (including phenoxy) is 1. The van der Waals surface area contributed by atoms with Gasteiger partial charge in [-0.2, -0.15) is 5.10 Å². The number of halogens is 1. The van der Waals surface area contributed by atoms with E-state index in [1.807, 2.05) is 0 Å². The summed E-state index contributed by atoms with van der Waals surface area (Å²) >= 11 is 7.68. The summed E-state index contributed by atoms with van der Waals surface area (Å²) in [5, 5.41) is 5.71. The standard InChI is InChI=1S/C14H20ClN5O2S/c1-9(2)4-18-6-12(21)19(8-18)5-10-13(15)16-14-20(10)17-11(23-14)7-22-3/h9H,4-8H2,1-3H3. The van der Waals surface area contributed by atoms with Crippen LogP contribution in [0, 0.1) is 5.92 Å². The molecule has 2 aromatic heterocycles. The Morgan fingerprint density at radius 2 is 2.22 bits per heavy atom. The Bertz CT molecular complexity index is 713. The third-order valence-corrected chi connectivity index (χ3v) is 4.79. The van der Waals surface area contributed by atoms with Crippen LogP contribution >= 0.6 is 22.9 Å². The zero-order chi connectivity index (χ0) is 16.6. The summed E-state index contributed by atoms with van der Waals surface area (Å²) in [6.45, 7) is 7.15. The van der Waals surface area contributed by atoms with E-state index < -0.39 is 0 Å². The highest BCUT2D eigenvalue weighted by Gasteiger charge is 2.29. The van der Waals surface area contributed by atoms with E-state index in [1.165, 1.54) is 11.3 Å². The fourth-order valence-corrected chi connectivity index (χ4v) is 3.89. The zero-order valence-electron chi connectivity index (χ0n) is 13.5. The maximum atomic E-state index is 12.2. The zero-order valence-corrected chi connectivity index (χ0v) is 15.0. The topological polar surface area (TPSA) is 63.0 Å². The number of carbonyl (C=O) groups excluding carboxylic acids is 1. The SMILES string of the molecule is COCc1nn2c(CN3CN(CC(C)C)CC3=O)c(Cl)nc2s1. The molecule has 3 heterocycles. The van der Waals surface area contributed by atoms with Gasteiger partial charge in [0.05, 0.1) is 26.4 Å². The first-order valence-corrected chi connectivity index (χ1v) is 8.69. The second-order valence-electron chi connectivity index (χ2n) is 6.11. The number of rotatable bonds is 6. The molecule has 1 aliphatic heterocycles. The normalized spacial score (nSPS) is 16.4. The number of methoxy groups -OCH3 is 1. The van der Waals surface area contributed by atoms with Crippen molar-refractivity contribution in [2.45, 2.75) is 27.0 Å². The molecule has 0 saturated carbocycles. The van der Waals surface area contributed by atoms with E-state index in [0.29, 0.717) is 37.4 Å². The average molecular weight is 358 g/mol. The highest BCUT2D eigenvalue weighted by atomic mass is 35.5. The molecule has 0 aromatic carbocycles. The molecule has 0 unspecified atom stereocenters. The summed E-state index contributed by atoms with van der Waals surface area (Å²) < 4.78 is 6.82. The lowest BCUT2D eigenvalue weighted by atomic mass is 10.2. The number of fused-ring (bicyclic) bond motifs is 1. The van der Waals surface area contributed by atoms with Crippen molar-refractivity contribution in [1.29, 1.82) is 0 Å². The molecule has 1 aliphatic rings. The number of imidazole rings is 1. The van der Waals surface area contributed by atoms with E-state index in [1.54, 1.807) is 16.5 Å². The molecule has 23 heavy (non-hydrogen) atoms. The minimum Gasteiger partial charge on any atom is -0.377 e. The van der Waals surface area contributed by atoms with Gasteiger partial charge in [0.15, 0.2) is 5.15 Å². The van der Waals surface area contributed by atoms with Gasteiger partial charge >= 0.3 is 0 Å². The Kier molecular flexibility index (Phi) is 4.86. The van der Waals surface area contributed by atoms with Crippen LogP contribution in [0.2, 0.25) is 5.15 Å². The molecular formula is C14H20ClN5O2S. The van der Waals surface area contributed by atoms with Crippen LogP contribution in [-0.2, 0) is 22.7 Å². The van der Waals surface area contributed by atoms with Crippen LogP contribution in [0.15, 0.2) is 0 Å². The number of hydrogen-bond donors (Lipinski definition) is 0. The number of nitrogens with zero attached hydrogens (tertiary/aromatic N) is 5. The van der Waals surface area contributed by atoms with Gasteiger partial charge in [0.1, 0.15) is 10.7 Å². The second-order valence-corrected chi connectivity index (χ2v) is 7.51. The summed E-state index contributed by atoms with van der Waals surface area (Å²) in [5.41, 5.74) is 0.750. The molecule has 1 saturated heterocycles. The summed E-state index contributed by atoms with van der Waals surface area (Å²) in [6.07, 6.45) is 0. The van der Waals surface area contributed by atoms with Gasteiger partial charge in [-0.15, -0.1) is 0 Å². The third-order valence-electron chi connectivity index (χ3n) is 3.60. The third kappa shape index (κ3) is 3.50. The molecule has 126 valence electrons. The molecule has 9 heteroatoms. The van der Waals surface area contributed by atoms with Gasteiger partial charge < -0.3 is 9.64 Å². The van der Waals surface area contributed by atoms with Crippen molar-refractivity contribution < 1.29 is 9.53 Å². The van der Waals surface area contributed by atoms with E-state index in [4.69, 9.17) is 16.3 Å². The van der Waals surface area contributed by atoms with Crippen LogP contribution in [0.1, 0.15) is 24.5 Å². The van der Waals surface area contributed by atoms with Gasteiger partial charge in [-0.3, -0.25) is 9.69 Å².